The third-order valence-corrected chi connectivity index (χ3v) is 8.49. The summed E-state index contributed by atoms with van der Waals surface area (Å²) in [5.41, 5.74) is -2.48. The van der Waals surface area contributed by atoms with E-state index in [0.29, 0.717) is 25.7 Å². The molecule has 2 unspecified atom stereocenters. The van der Waals surface area contributed by atoms with Gasteiger partial charge in [-0.05, 0) is 62.9 Å². The van der Waals surface area contributed by atoms with E-state index in [4.69, 9.17) is 0 Å². The van der Waals surface area contributed by atoms with Crippen molar-refractivity contribution in [1.82, 2.24) is 0 Å². The highest BCUT2D eigenvalue weighted by Gasteiger charge is 2.70. The number of hydrogen-bond donors (Lipinski definition) is 4. The fourth-order valence-corrected chi connectivity index (χ4v) is 6.94. The predicted octanol–water partition coefficient (Wildman–Crippen LogP) is 1.44. The van der Waals surface area contributed by atoms with Crippen LogP contribution in [0.15, 0.2) is 23.5 Å². The number of Topliss-reactive ketones (excluding diaryl/α,β-unsaturated/α-hetero) is 1. The van der Waals surface area contributed by atoms with E-state index in [-0.39, 0.29) is 29.3 Å². The van der Waals surface area contributed by atoms with Crippen LogP contribution in [0.2, 0.25) is 0 Å². The maximum atomic E-state index is 12.9. The SMILES string of the molecule is CC12C(=O)C=C(O)C=C1CC[C@@H]1C2CC[C@@]2(C)[C@H]1C[C@@H](O)[C@]2(O)C(=O)CO. The van der Waals surface area contributed by atoms with Crippen molar-refractivity contribution >= 4 is 11.6 Å². The monoisotopic (exact) mass is 376 g/mol. The van der Waals surface area contributed by atoms with Gasteiger partial charge in [-0.25, -0.2) is 0 Å². The van der Waals surface area contributed by atoms with Crippen LogP contribution < -0.4 is 0 Å². The van der Waals surface area contributed by atoms with Crippen molar-refractivity contribution < 1.29 is 30.0 Å². The standard InChI is InChI=1S/C21H28O6/c1-19-6-5-14-13(15(19)9-17(25)21(19,27)18(26)10-22)4-3-11-7-12(23)8-16(24)20(11,14)2/h7-8,13-15,17,22-23,25,27H,3-6,9-10H2,1-2H3/t13-,14?,15+,17-,19+,20?,21+/m1/s1. The van der Waals surface area contributed by atoms with Crippen molar-refractivity contribution in [3.05, 3.63) is 23.5 Å². The van der Waals surface area contributed by atoms with Crippen LogP contribution in [0.4, 0.5) is 0 Å². The van der Waals surface area contributed by atoms with E-state index in [2.05, 4.69) is 0 Å². The van der Waals surface area contributed by atoms with Crippen LogP contribution in [0.25, 0.3) is 0 Å². The lowest BCUT2D eigenvalue weighted by molar-refractivity contribution is -0.178. The highest BCUT2D eigenvalue weighted by molar-refractivity contribution is 5.99. The zero-order valence-corrected chi connectivity index (χ0v) is 15.8. The van der Waals surface area contributed by atoms with Crippen LogP contribution in [-0.2, 0) is 9.59 Å². The molecule has 0 aromatic heterocycles. The molecule has 3 saturated carbocycles. The summed E-state index contributed by atoms with van der Waals surface area (Å²) in [7, 11) is 0. The fourth-order valence-electron chi connectivity index (χ4n) is 6.94. The molecule has 7 atom stereocenters. The Balaban J connectivity index is 1.74. The molecule has 27 heavy (non-hydrogen) atoms. The molecule has 4 aliphatic carbocycles. The smallest absolute Gasteiger partial charge is 0.192 e. The summed E-state index contributed by atoms with van der Waals surface area (Å²) >= 11 is 0. The molecule has 4 aliphatic rings. The molecular weight excluding hydrogens is 348 g/mol. The van der Waals surface area contributed by atoms with Crippen molar-refractivity contribution in [1.29, 1.82) is 0 Å². The Hall–Kier alpha value is -1.50. The molecule has 0 radical (unpaired) electrons. The van der Waals surface area contributed by atoms with Crippen LogP contribution in [-0.4, -0.2) is 50.3 Å². The maximum Gasteiger partial charge on any atom is 0.192 e. The van der Waals surface area contributed by atoms with Crippen LogP contribution in [0.3, 0.4) is 0 Å². The first-order chi connectivity index (χ1) is 12.6. The lowest BCUT2D eigenvalue weighted by Gasteiger charge is -2.57. The number of aliphatic hydroxyl groups is 4. The molecule has 6 nitrogen and oxygen atoms in total. The molecule has 6 heteroatoms. The predicted molar refractivity (Wildman–Crippen MR) is 96.6 cm³/mol. The van der Waals surface area contributed by atoms with Gasteiger partial charge >= 0.3 is 0 Å². The van der Waals surface area contributed by atoms with Crippen LogP contribution in [0, 0.1) is 28.6 Å². The van der Waals surface area contributed by atoms with Crippen LogP contribution in [0.1, 0.15) is 46.0 Å². The van der Waals surface area contributed by atoms with E-state index in [9.17, 15) is 30.0 Å². The van der Waals surface area contributed by atoms with Gasteiger partial charge in [0, 0.05) is 11.5 Å². The first-order valence-corrected chi connectivity index (χ1v) is 9.81. The van der Waals surface area contributed by atoms with Gasteiger partial charge in [0.1, 0.15) is 12.4 Å². The van der Waals surface area contributed by atoms with Gasteiger partial charge in [-0.3, -0.25) is 9.59 Å². The molecule has 0 aromatic carbocycles. The van der Waals surface area contributed by atoms with Crippen molar-refractivity contribution in [2.45, 2.75) is 57.7 Å². The molecule has 0 spiro atoms. The number of carbonyl (C=O) groups excluding carboxylic acids is 2. The molecule has 0 bridgehead atoms. The Morgan fingerprint density at radius 1 is 1.22 bits per heavy atom. The Kier molecular flexibility index (Phi) is 4.01. The quantitative estimate of drug-likeness (QED) is 0.580. The number of hydrogen-bond acceptors (Lipinski definition) is 6. The van der Waals surface area contributed by atoms with Gasteiger partial charge in [-0.15, -0.1) is 0 Å². The summed E-state index contributed by atoms with van der Waals surface area (Å²) in [5.74, 6) is -0.758. The summed E-state index contributed by atoms with van der Waals surface area (Å²) in [5, 5.41) is 41.0. The minimum absolute atomic E-state index is 0.00535. The highest BCUT2D eigenvalue weighted by atomic mass is 16.4. The van der Waals surface area contributed by atoms with Gasteiger partial charge in [0.25, 0.3) is 0 Å². The van der Waals surface area contributed by atoms with Gasteiger partial charge in [0.05, 0.1) is 11.5 Å². The second-order valence-corrected chi connectivity index (χ2v) is 9.28. The third-order valence-electron chi connectivity index (χ3n) is 8.49. The molecule has 0 aliphatic heterocycles. The second-order valence-electron chi connectivity index (χ2n) is 9.28. The van der Waals surface area contributed by atoms with Gasteiger partial charge in [0.2, 0.25) is 0 Å². The van der Waals surface area contributed by atoms with E-state index in [1.165, 1.54) is 6.08 Å². The van der Waals surface area contributed by atoms with E-state index in [1.807, 2.05) is 13.8 Å². The van der Waals surface area contributed by atoms with Gasteiger partial charge < -0.3 is 20.4 Å². The minimum Gasteiger partial charge on any atom is -0.508 e. The number of carbonyl (C=O) groups is 2. The molecular formula is C21H28O6. The zero-order chi connectivity index (χ0) is 19.8. The number of aliphatic hydroxyl groups excluding tert-OH is 3. The van der Waals surface area contributed by atoms with Crippen LogP contribution >= 0.6 is 0 Å². The summed E-state index contributed by atoms with van der Waals surface area (Å²) in [6.07, 6.45) is 4.73. The third kappa shape index (κ3) is 2.12. The van der Waals surface area contributed by atoms with E-state index < -0.39 is 34.9 Å². The molecule has 0 amide bonds. The zero-order valence-electron chi connectivity index (χ0n) is 15.8. The summed E-state index contributed by atoms with van der Waals surface area (Å²) in [6.45, 7) is 3.00. The first kappa shape index (κ1) is 18.8. The molecule has 0 saturated heterocycles. The average Bonchev–Trinajstić information content (AvgIpc) is 2.83. The van der Waals surface area contributed by atoms with Gasteiger partial charge in [-0.2, -0.15) is 0 Å². The van der Waals surface area contributed by atoms with Crippen molar-refractivity contribution in [2.75, 3.05) is 6.61 Å². The highest BCUT2D eigenvalue weighted by Crippen LogP contribution is 2.67. The van der Waals surface area contributed by atoms with E-state index in [1.54, 1.807) is 6.08 Å². The molecule has 0 heterocycles. The molecule has 4 N–H and O–H groups in total. The summed E-state index contributed by atoms with van der Waals surface area (Å²) in [6, 6.07) is 0. The maximum absolute atomic E-state index is 12.9. The first-order valence-electron chi connectivity index (χ1n) is 9.81. The minimum atomic E-state index is -1.94. The Labute approximate surface area is 158 Å². The fraction of sp³-hybridized carbons (Fsp3) is 0.714. The largest absolute Gasteiger partial charge is 0.508 e. The van der Waals surface area contributed by atoms with Crippen LogP contribution in [0.5, 0.6) is 0 Å². The summed E-state index contributed by atoms with van der Waals surface area (Å²) < 4.78 is 0. The Morgan fingerprint density at radius 3 is 2.59 bits per heavy atom. The molecule has 148 valence electrons. The van der Waals surface area contributed by atoms with E-state index >= 15 is 0 Å². The summed E-state index contributed by atoms with van der Waals surface area (Å²) in [4.78, 5) is 25.3. The Bertz CT molecular complexity index is 769. The topological polar surface area (TPSA) is 115 Å². The lowest BCUT2D eigenvalue weighted by Crippen LogP contribution is -2.61. The van der Waals surface area contributed by atoms with Crippen molar-refractivity contribution in [2.24, 2.45) is 28.6 Å². The molecule has 3 fully saturated rings. The van der Waals surface area contributed by atoms with Gasteiger partial charge in [0.15, 0.2) is 17.2 Å². The average molecular weight is 376 g/mol. The molecule has 4 rings (SSSR count). The number of fused-ring (bicyclic) bond motifs is 5. The molecule has 0 aromatic rings. The second kappa shape index (κ2) is 5.75. The van der Waals surface area contributed by atoms with Crippen molar-refractivity contribution in [3.63, 3.8) is 0 Å². The van der Waals surface area contributed by atoms with Gasteiger partial charge in [-0.1, -0.05) is 12.5 Å². The number of ketones is 2. The van der Waals surface area contributed by atoms with E-state index in [0.717, 1.165) is 12.0 Å². The van der Waals surface area contributed by atoms with Crippen molar-refractivity contribution in [3.8, 4) is 0 Å². The Morgan fingerprint density at radius 2 is 1.93 bits per heavy atom. The lowest BCUT2D eigenvalue weighted by atomic mass is 9.46. The number of allylic oxidation sites excluding steroid dienone is 3. The number of rotatable bonds is 2. The normalized spacial score (nSPS) is 48.9.